The molecule has 0 radical (unpaired) electrons. The van der Waals surface area contributed by atoms with Crippen molar-refractivity contribution in [3.63, 3.8) is 0 Å². The number of hydrogen-bond donors (Lipinski definition) is 1. The van der Waals surface area contributed by atoms with E-state index in [1.54, 1.807) is 37.6 Å². The number of piperidine rings is 1. The highest BCUT2D eigenvalue weighted by atomic mass is 16.5. The minimum absolute atomic E-state index is 0.0496. The third kappa shape index (κ3) is 4.50. The smallest absolute Gasteiger partial charge is 0.225 e. The van der Waals surface area contributed by atoms with Gasteiger partial charge in [0.2, 0.25) is 11.8 Å². The fourth-order valence-electron chi connectivity index (χ4n) is 3.87. The van der Waals surface area contributed by atoms with Crippen LogP contribution in [0.3, 0.4) is 0 Å². The first-order valence-corrected chi connectivity index (χ1v) is 9.77. The molecular formula is C22H27N3O4. The molecule has 7 nitrogen and oxygen atoms in total. The Bertz CT molecular complexity index is 856. The number of ether oxygens (including phenoxy) is 2. The van der Waals surface area contributed by atoms with Gasteiger partial charge < -0.3 is 19.7 Å². The van der Waals surface area contributed by atoms with Crippen LogP contribution in [0.5, 0.6) is 11.5 Å². The normalized spacial score (nSPS) is 19.0. The van der Waals surface area contributed by atoms with E-state index in [1.807, 2.05) is 31.2 Å². The number of aromatic nitrogens is 1. The maximum atomic E-state index is 13.1. The van der Waals surface area contributed by atoms with Crippen molar-refractivity contribution < 1.29 is 19.1 Å². The average Bonchev–Trinajstić information content (AvgIpc) is 2.77. The molecule has 1 aromatic heterocycles. The molecular weight excluding hydrogens is 370 g/mol. The topological polar surface area (TPSA) is 80.8 Å². The Morgan fingerprint density at radius 3 is 2.62 bits per heavy atom. The Labute approximate surface area is 171 Å². The minimum Gasteiger partial charge on any atom is -0.497 e. The molecule has 2 amide bonds. The van der Waals surface area contributed by atoms with Crippen LogP contribution >= 0.6 is 0 Å². The first-order chi connectivity index (χ1) is 14.1. The molecule has 1 aromatic carbocycles. The summed E-state index contributed by atoms with van der Waals surface area (Å²) >= 11 is 0. The number of pyridine rings is 1. The summed E-state index contributed by atoms with van der Waals surface area (Å²) < 4.78 is 10.9. The largest absolute Gasteiger partial charge is 0.497 e. The number of nitrogens with zero attached hydrogens (tertiary/aromatic N) is 2. The predicted molar refractivity (Wildman–Crippen MR) is 108 cm³/mol. The average molecular weight is 397 g/mol. The van der Waals surface area contributed by atoms with Gasteiger partial charge in [0.1, 0.15) is 11.5 Å². The Hall–Kier alpha value is -3.09. The van der Waals surface area contributed by atoms with Crippen molar-refractivity contribution in [2.45, 2.75) is 32.4 Å². The zero-order valence-corrected chi connectivity index (χ0v) is 17.1. The van der Waals surface area contributed by atoms with Crippen LogP contribution in [0.4, 0.5) is 0 Å². The summed E-state index contributed by atoms with van der Waals surface area (Å²) in [6.07, 6.45) is 4.25. The number of methoxy groups -OCH3 is 2. The van der Waals surface area contributed by atoms with Crippen molar-refractivity contribution in [3.8, 4) is 11.5 Å². The van der Waals surface area contributed by atoms with Gasteiger partial charge in [-0.2, -0.15) is 0 Å². The third-order valence-electron chi connectivity index (χ3n) is 5.36. The number of carbonyl (C=O) groups is 2. The van der Waals surface area contributed by atoms with Crippen LogP contribution in [0, 0.1) is 5.92 Å². The second-order valence-corrected chi connectivity index (χ2v) is 6.95. The van der Waals surface area contributed by atoms with Gasteiger partial charge in [-0.1, -0.05) is 0 Å². The van der Waals surface area contributed by atoms with Crippen LogP contribution in [-0.2, 0) is 16.1 Å². The molecule has 2 aromatic rings. The highest BCUT2D eigenvalue weighted by molar-refractivity contribution is 5.85. The molecule has 2 atom stereocenters. The van der Waals surface area contributed by atoms with E-state index in [0.717, 1.165) is 11.1 Å². The van der Waals surface area contributed by atoms with Gasteiger partial charge in [-0.15, -0.1) is 0 Å². The number of benzene rings is 1. The molecule has 2 heterocycles. The lowest BCUT2D eigenvalue weighted by Gasteiger charge is -2.40. The first-order valence-electron chi connectivity index (χ1n) is 9.77. The summed E-state index contributed by atoms with van der Waals surface area (Å²) in [6.45, 7) is 2.87. The fraction of sp³-hybridized carbons (Fsp3) is 0.409. The standard InChI is InChI=1S/C22H27N3O4/c1-4-25-20(26)8-7-18(22(27)24-14-15-9-11-23-12-10-15)21(25)17-6-5-16(28-2)13-19(17)29-3/h5-6,9-13,18,21H,4,7-8,14H2,1-3H3,(H,24,27)/t18-,21+/m1/s1. The second-order valence-electron chi connectivity index (χ2n) is 6.95. The van der Waals surface area contributed by atoms with Gasteiger partial charge in [0.25, 0.3) is 0 Å². The zero-order chi connectivity index (χ0) is 20.8. The number of hydrogen-bond acceptors (Lipinski definition) is 5. The molecule has 0 unspecified atom stereocenters. The molecule has 0 bridgehead atoms. The molecule has 1 N–H and O–H groups in total. The van der Waals surface area contributed by atoms with Crippen LogP contribution < -0.4 is 14.8 Å². The van der Waals surface area contributed by atoms with Gasteiger partial charge >= 0.3 is 0 Å². The van der Waals surface area contributed by atoms with Crippen molar-refractivity contribution in [2.75, 3.05) is 20.8 Å². The Kier molecular flexibility index (Phi) is 6.69. The molecule has 0 spiro atoms. The van der Waals surface area contributed by atoms with E-state index in [2.05, 4.69) is 10.3 Å². The van der Waals surface area contributed by atoms with Crippen molar-refractivity contribution in [3.05, 3.63) is 53.9 Å². The second kappa shape index (κ2) is 9.41. The summed E-state index contributed by atoms with van der Waals surface area (Å²) in [7, 11) is 3.17. The fourth-order valence-corrected chi connectivity index (χ4v) is 3.87. The Balaban J connectivity index is 1.90. The lowest BCUT2D eigenvalue weighted by atomic mass is 9.83. The molecule has 0 aliphatic carbocycles. The van der Waals surface area contributed by atoms with Gasteiger partial charge in [0.15, 0.2) is 0 Å². The van der Waals surface area contributed by atoms with E-state index in [4.69, 9.17) is 9.47 Å². The molecule has 29 heavy (non-hydrogen) atoms. The number of likely N-dealkylation sites (tertiary alicyclic amines) is 1. The number of rotatable bonds is 7. The van der Waals surface area contributed by atoms with Crippen molar-refractivity contribution in [1.82, 2.24) is 15.2 Å². The highest BCUT2D eigenvalue weighted by Crippen LogP contribution is 2.41. The molecule has 0 saturated carbocycles. The quantitative estimate of drug-likeness (QED) is 0.777. The van der Waals surface area contributed by atoms with Gasteiger partial charge in [0, 0.05) is 43.5 Å². The number of carbonyl (C=O) groups excluding carboxylic acids is 2. The van der Waals surface area contributed by atoms with E-state index in [0.29, 0.717) is 37.4 Å². The molecule has 154 valence electrons. The molecule has 1 aliphatic rings. The van der Waals surface area contributed by atoms with E-state index >= 15 is 0 Å². The van der Waals surface area contributed by atoms with Gasteiger partial charge in [-0.3, -0.25) is 14.6 Å². The Morgan fingerprint density at radius 2 is 1.97 bits per heavy atom. The molecule has 7 heteroatoms. The van der Waals surface area contributed by atoms with E-state index in [9.17, 15) is 9.59 Å². The summed E-state index contributed by atoms with van der Waals surface area (Å²) in [5.74, 6) is 0.880. The highest BCUT2D eigenvalue weighted by Gasteiger charge is 2.41. The lowest BCUT2D eigenvalue weighted by Crippen LogP contribution is -2.48. The predicted octanol–water partition coefficient (Wildman–Crippen LogP) is 2.71. The van der Waals surface area contributed by atoms with Gasteiger partial charge in [0.05, 0.1) is 26.2 Å². The van der Waals surface area contributed by atoms with Crippen LogP contribution in [0.15, 0.2) is 42.7 Å². The third-order valence-corrected chi connectivity index (χ3v) is 5.36. The van der Waals surface area contributed by atoms with E-state index < -0.39 is 0 Å². The maximum absolute atomic E-state index is 13.1. The van der Waals surface area contributed by atoms with E-state index in [1.165, 1.54) is 0 Å². The number of amides is 2. The summed E-state index contributed by atoms with van der Waals surface area (Å²) in [4.78, 5) is 31.5. The molecule has 3 rings (SSSR count). The van der Waals surface area contributed by atoms with Crippen molar-refractivity contribution >= 4 is 11.8 Å². The van der Waals surface area contributed by atoms with Gasteiger partial charge in [-0.25, -0.2) is 0 Å². The maximum Gasteiger partial charge on any atom is 0.225 e. The zero-order valence-electron chi connectivity index (χ0n) is 17.1. The first kappa shape index (κ1) is 20.6. The van der Waals surface area contributed by atoms with Crippen molar-refractivity contribution in [2.24, 2.45) is 5.92 Å². The summed E-state index contributed by atoms with van der Waals surface area (Å²) in [6, 6.07) is 8.84. The SMILES string of the molecule is CCN1C(=O)CC[C@@H](C(=O)NCc2ccncc2)[C@@H]1c1ccc(OC)cc1OC. The number of nitrogens with one attached hydrogen (secondary N) is 1. The molecule has 1 aliphatic heterocycles. The van der Waals surface area contributed by atoms with E-state index in [-0.39, 0.29) is 23.8 Å². The minimum atomic E-state index is -0.389. The summed E-state index contributed by atoms with van der Waals surface area (Å²) in [5, 5.41) is 3.02. The van der Waals surface area contributed by atoms with Crippen LogP contribution in [0.25, 0.3) is 0 Å². The lowest BCUT2D eigenvalue weighted by molar-refractivity contribution is -0.143. The molecule has 1 saturated heterocycles. The summed E-state index contributed by atoms with van der Waals surface area (Å²) in [5.41, 5.74) is 1.79. The Morgan fingerprint density at radius 1 is 1.21 bits per heavy atom. The van der Waals surface area contributed by atoms with Gasteiger partial charge in [-0.05, 0) is 43.2 Å². The molecule has 1 fully saturated rings. The van der Waals surface area contributed by atoms with Crippen molar-refractivity contribution in [1.29, 1.82) is 0 Å². The van der Waals surface area contributed by atoms with Crippen LogP contribution in [-0.4, -0.2) is 42.5 Å². The monoisotopic (exact) mass is 397 g/mol. The van der Waals surface area contributed by atoms with Crippen LogP contribution in [0.2, 0.25) is 0 Å². The van der Waals surface area contributed by atoms with Crippen LogP contribution in [0.1, 0.15) is 36.9 Å².